The summed E-state index contributed by atoms with van der Waals surface area (Å²) in [5, 5.41) is 0. The molecule has 2 heterocycles. The molecule has 4 nitrogen and oxygen atoms in total. The minimum absolute atomic E-state index is 0.115. The molecule has 0 aliphatic heterocycles. The highest BCUT2D eigenvalue weighted by Crippen LogP contribution is 2.39. The van der Waals surface area contributed by atoms with Crippen LogP contribution in [0.15, 0.2) is 65.1 Å². The van der Waals surface area contributed by atoms with E-state index in [1.54, 1.807) is 0 Å². The van der Waals surface area contributed by atoms with E-state index in [0.717, 1.165) is 34.1 Å². The van der Waals surface area contributed by atoms with Crippen molar-refractivity contribution >= 4 is 22.1 Å². The van der Waals surface area contributed by atoms with Crippen LogP contribution in [0.1, 0.15) is 69.4 Å². The second kappa shape index (κ2) is 8.08. The molecule has 4 heteroatoms. The molecule has 1 saturated carbocycles. The SMILES string of the molecule is Cc1ccc2nc(C3CCCC3)oc2c1-c1n(-c2ccc(C(C)(C)C)cc2)c2ccccc2[n+]1C. The standard InChI is InChI=1S/C31H34N3O/c1-20-14-19-24-28(35-29(32-24)21-10-6-7-11-21)27(20)30-33(5)25-12-8-9-13-26(25)34(30)23-17-15-22(16-18-23)31(2,3)4/h8-9,12-19,21H,6-7,10-11H2,1-5H3/q+1. The highest BCUT2D eigenvalue weighted by Gasteiger charge is 2.31. The van der Waals surface area contributed by atoms with Crippen LogP contribution in [0.5, 0.6) is 0 Å². The molecule has 0 unspecified atom stereocenters. The molecule has 35 heavy (non-hydrogen) atoms. The molecule has 6 rings (SSSR count). The molecule has 5 aromatic rings. The molecule has 1 fully saturated rings. The van der Waals surface area contributed by atoms with Gasteiger partial charge in [-0.1, -0.05) is 63.9 Å². The summed E-state index contributed by atoms with van der Waals surface area (Å²) in [6.45, 7) is 8.95. The van der Waals surface area contributed by atoms with Crippen LogP contribution in [0, 0.1) is 6.92 Å². The number of nitrogens with zero attached hydrogens (tertiary/aromatic N) is 3. The highest BCUT2D eigenvalue weighted by molar-refractivity contribution is 5.92. The maximum absolute atomic E-state index is 6.59. The Morgan fingerprint density at radius 2 is 1.66 bits per heavy atom. The molecule has 0 bridgehead atoms. The number of oxazole rings is 1. The van der Waals surface area contributed by atoms with Gasteiger partial charge in [0.05, 0.1) is 7.05 Å². The lowest BCUT2D eigenvalue weighted by Gasteiger charge is -2.18. The van der Waals surface area contributed by atoms with Gasteiger partial charge < -0.3 is 4.42 Å². The van der Waals surface area contributed by atoms with Crippen molar-refractivity contribution < 1.29 is 8.98 Å². The Morgan fingerprint density at radius 1 is 0.943 bits per heavy atom. The van der Waals surface area contributed by atoms with Crippen LogP contribution in [0.3, 0.4) is 0 Å². The fraction of sp³-hybridized carbons (Fsp3) is 0.355. The minimum atomic E-state index is 0.115. The van der Waals surface area contributed by atoms with E-state index < -0.39 is 0 Å². The van der Waals surface area contributed by atoms with Gasteiger partial charge in [0.25, 0.3) is 5.82 Å². The van der Waals surface area contributed by atoms with Crippen molar-refractivity contribution in [2.24, 2.45) is 7.05 Å². The maximum Gasteiger partial charge on any atom is 0.299 e. The third-order valence-corrected chi connectivity index (χ3v) is 7.72. The van der Waals surface area contributed by atoms with Crippen LogP contribution in [-0.2, 0) is 12.5 Å². The van der Waals surface area contributed by atoms with E-state index in [-0.39, 0.29) is 5.41 Å². The zero-order valence-corrected chi connectivity index (χ0v) is 21.4. The molecule has 0 spiro atoms. The van der Waals surface area contributed by atoms with E-state index >= 15 is 0 Å². The minimum Gasteiger partial charge on any atom is -0.439 e. The molecule has 178 valence electrons. The first-order valence-corrected chi connectivity index (χ1v) is 12.8. The van der Waals surface area contributed by atoms with Crippen molar-refractivity contribution in [1.82, 2.24) is 9.55 Å². The lowest BCUT2D eigenvalue weighted by Crippen LogP contribution is -2.30. The van der Waals surface area contributed by atoms with Crippen LogP contribution in [0.25, 0.3) is 39.2 Å². The van der Waals surface area contributed by atoms with Crippen molar-refractivity contribution in [3.8, 4) is 17.1 Å². The molecule has 0 radical (unpaired) electrons. The van der Waals surface area contributed by atoms with Crippen LogP contribution < -0.4 is 4.57 Å². The van der Waals surface area contributed by atoms with Gasteiger partial charge in [-0.05, 0) is 66.6 Å². The van der Waals surface area contributed by atoms with Crippen LogP contribution >= 0.6 is 0 Å². The molecule has 1 aliphatic carbocycles. The number of hydrogen-bond acceptors (Lipinski definition) is 2. The molecule has 0 atom stereocenters. The van der Waals surface area contributed by atoms with Gasteiger partial charge in [-0.3, -0.25) is 0 Å². The van der Waals surface area contributed by atoms with Crippen molar-refractivity contribution in [1.29, 1.82) is 0 Å². The van der Waals surface area contributed by atoms with Gasteiger partial charge in [-0.25, -0.2) is 9.55 Å². The summed E-state index contributed by atoms with van der Waals surface area (Å²) in [6.07, 6.45) is 4.89. The van der Waals surface area contributed by atoms with Gasteiger partial charge in [-0.15, -0.1) is 0 Å². The van der Waals surface area contributed by atoms with Gasteiger partial charge in [0, 0.05) is 5.92 Å². The number of rotatable bonds is 3. The smallest absolute Gasteiger partial charge is 0.299 e. The second-order valence-electron chi connectivity index (χ2n) is 11.1. The number of hydrogen-bond donors (Lipinski definition) is 0. The summed E-state index contributed by atoms with van der Waals surface area (Å²) in [5.41, 5.74) is 9.13. The zero-order valence-electron chi connectivity index (χ0n) is 21.4. The Balaban J connectivity index is 1.63. The van der Waals surface area contributed by atoms with E-state index in [9.17, 15) is 0 Å². The van der Waals surface area contributed by atoms with E-state index in [2.05, 4.69) is 105 Å². The first-order valence-electron chi connectivity index (χ1n) is 12.8. The summed E-state index contributed by atoms with van der Waals surface area (Å²) in [5.74, 6) is 2.47. The lowest BCUT2D eigenvalue weighted by atomic mass is 9.87. The van der Waals surface area contributed by atoms with Gasteiger partial charge in [0.1, 0.15) is 16.8 Å². The topological polar surface area (TPSA) is 34.8 Å². The van der Waals surface area contributed by atoms with Gasteiger partial charge in [-0.2, -0.15) is 4.57 Å². The predicted molar refractivity (Wildman–Crippen MR) is 142 cm³/mol. The summed E-state index contributed by atoms with van der Waals surface area (Å²) < 4.78 is 11.3. The highest BCUT2D eigenvalue weighted by atomic mass is 16.3. The molecular formula is C31H34N3O+. The summed E-state index contributed by atoms with van der Waals surface area (Å²) >= 11 is 0. The third kappa shape index (κ3) is 3.58. The Labute approximate surface area is 207 Å². The van der Waals surface area contributed by atoms with E-state index in [1.165, 1.54) is 47.8 Å². The Bertz CT molecular complexity index is 1540. The molecular weight excluding hydrogens is 430 g/mol. The Hall–Kier alpha value is -3.40. The average Bonchev–Trinajstić information content (AvgIpc) is 3.57. The number of aromatic nitrogens is 3. The van der Waals surface area contributed by atoms with Gasteiger partial charge >= 0.3 is 0 Å². The quantitative estimate of drug-likeness (QED) is 0.259. The maximum atomic E-state index is 6.59. The third-order valence-electron chi connectivity index (χ3n) is 7.72. The predicted octanol–water partition coefficient (Wildman–Crippen LogP) is 7.53. The first-order chi connectivity index (χ1) is 16.8. The number of para-hydroxylation sites is 2. The van der Waals surface area contributed by atoms with E-state index in [0.29, 0.717) is 5.92 Å². The molecule has 0 amide bonds. The van der Waals surface area contributed by atoms with Gasteiger partial charge in [0.2, 0.25) is 0 Å². The number of aryl methyl sites for hydroxylation is 2. The van der Waals surface area contributed by atoms with Gasteiger partial charge in [0.15, 0.2) is 22.5 Å². The monoisotopic (exact) mass is 464 g/mol. The van der Waals surface area contributed by atoms with E-state index in [1.807, 2.05) is 0 Å². The average molecular weight is 465 g/mol. The largest absolute Gasteiger partial charge is 0.439 e. The Kier molecular flexibility index (Phi) is 5.10. The lowest BCUT2D eigenvalue weighted by molar-refractivity contribution is -0.633. The van der Waals surface area contributed by atoms with Crippen molar-refractivity contribution in [3.05, 3.63) is 77.7 Å². The molecule has 0 saturated heterocycles. The fourth-order valence-electron chi connectivity index (χ4n) is 5.70. The van der Waals surface area contributed by atoms with Crippen LogP contribution in [-0.4, -0.2) is 9.55 Å². The molecule has 2 aromatic heterocycles. The molecule has 0 N–H and O–H groups in total. The molecule has 3 aromatic carbocycles. The normalized spacial score (nSPS) is 15.0. The first kappa shape index (κ1) is 22.1. The van der Waals surface area contributed by atoms with Crippen LogP contribution in [0.2, 0.25) is 0 Å². The fourth-order valence-corrected chi connectivity index (χ4v) is 5.70. The van der Waals surface area contributed by atoms with Crippen molar-refractivity contribution in [3.63, 3.8) is 0 Å². The Morgan fingerprint density at radius 3 is 2.37 bits per heavy atom. The second-order valence-corrected chi connectivity index (χ2v) is 11.1. The number of benzene rings is 3. The summed E-state index contributed by atoms with van der Waals surface area (Å²) in [7, 11) is 2.16. The summed E-state index contributed by atoms with van der Waals surface area (Å²) in [4.78, 5) is 4.96. The van der Waals surface area contributed by atoms with Crippen molar-refractivity contribution in [2.45, 2.75) is 64.7 Å². The van der Waals surface area contributed by atoms with Crippen molar-refractivity contribution in [2.75, 3.05) is 0 Å². The zero-order chi connectivity index (χ0) is 24.3. The number of fused-ring (bicyclic) bond motifs is 2. The number of imidazole rings is 1. The van der Waals surface area contributed by atoms with Crippen LogP contribution in [0.4, 0.5) is 0 Å². The molecule has 1 aliphatic rings. The summed E-state index contributed by atoms with van der Waals surface area (Å²) in [6, 6.07) is 21.9. The van der Waals surface area contributed by atoms with E-state index in [4.69, 9.17) is 9.40 Å².